The smallest absolute Gasteiger partial charge is 0.0433 e. The highest BCUT2D eigenvalue weighted by Gasteiger charge is 2.45. The fourth-order valence-electron chi connectivity index (χ4n) is 22.6. The summed E-state index contributed by atoms with van der Waals surface area (Å²) in [6, 6.07) is 5.30. The van der Waals surface area contributed by atoms with Crippen molar-refractivity contribution in [2.45, 2.75) is 344 Å². The normalized spacial score (nSPS) is 44.1. The molecule has 0 aromatic heterocycles. The van der Waals surface area contributed by atoms with E-state index in [1.165, 1.54) is 193 Å². The van der Waals surface area contributed by atoms with Crippen molar-refractivity contribution < 1.29 is 10.2 Å². The maximum absolute atomic E-state index is 9.58. The Balaban J connectivity index is 0.653. The molecule has 74 heavy (non-hydrogen) atoms. The number of hydrogen-bond donors (Lipinski definition) is 2. The van der Waals surface area contributed by atoms with Gasteiger partial charge in [0.15, 0.2) is 0 Å². The van der Waals surface area contributed by atoms with Crippen molar-refractivity contribution in [3.63, 3.8) is 0 Å². The van der Waals surface area contributed by atoms with Crippen LogP contribution in [0.25, 0.3) is 0 Å². The molecule has 424 valence electrons. The van der Waals surface area contributed by atoms with Gasteiger partial charge in [-0.25, -0.2) is 0 Å². The number of rotatable bonds is 16. The molecule has 0 bridgehead atoms. The SMILES string of the molecule is OCCC1CCC(C2CCC(N(C3CCC(C4CCCCC4)CC3)C3CCC(C4CCC(C5CCC(N(C6CCC(C7CCCCC7)CC6)C6CCC(C7CCC(CCO)CC7)CC6)CC5)CC4)CC3)CC2)CC1. The van der Waals surface area contributed by atoms with Gasteiger partial charge in [-0.2, -0.15) is 0 Å². The monoisotopic (exact) mass is 1020 g/mol. The minimum Gasteiger partial charge on any atom is -0.396 e. The van der Waals surface area contributed by atoms with Crippen LogP contribution in [0.3, 0.4) is 0 Å². The molecule has 4 heteroatoms. The molecule has 0 amide bonds. The molecule has 0 atom stereocenters. The number of aliphatic hydroxyl groups excluding tert-OH is 2. The van der Waals surface area contributed by atoms with Crippen molar-refractivity contribution in [3.05, 3.63) is 0 Å². The largest absolute Gasteiger partial charge is 0.396 e. The van der Waals surface area contributed by atoms with E-state index in [-0.39, 0.29) is 0 Å². The van der Waals surface area contributed by atoms with Crippen LogP contribution in [0.5, 0.6) is 0 Å². The number of hydrogen-bond acceptors (Lipinski definition) is 4. The summed E-state index contributed by atoms with van der Waals surface area (Å²) in [5, 5.41) is 19.2. The van der Waals surface area contributed by atoms with E-state index in [2.05, 4.69) is 9.80 Å². The predicted molar refractivity (Wildman–Crippen MR) is 311 cm³/mol. The average Bonchev–Trinajstić information content (AvgIpc) is 3.48. The first-order chi connectivity index (χ1) is 36.6. The molecule has 4 nitrogen and oxygen atoms in total. The van der Waals surface area contributed by atoms with Crippen molar-refractivity contribution in [2.24, 2.45) is 82.9 Å². The van der Waals surface area contributed by atoms with E-state index in [4.69, 9.17) is 0 Å². The standard InChI is InChI=1S/C70H122N2O2/c73-49-47-51-11-15-55(16-12-51)61-27-39-67(40-28-61)71(65-35-23-59(24-36-65)53-7-3-1-4-8-53)69-43-31-63(32-44-69)57-19-21-58(22-20-57)64-33-45-70(46-34-64)72(66-37-25-60(26-38-66)54-9-5-2-6-10-54)68-41-29-62(30-42-68)56-17-13-52(14-18-56)48-50-74/h51-70,73-74H,1-50H2. The summed E-state index contributed by atoms with van der Waals surface area (Å²) in [6.45, 7) is 0.805. The quantitative estimate of drug-likeness (QED) is 0.162. The summed E-state index contributed by atoms with van der Waals surface area (Å²) < 4.78 is 0. The number of nitrogens with zero attached hydrogens (tertiary/aromatic N) is 2. The Morgan fingerprint density at radius 1 is 0.189 bits per heavy atom. The zero-order valence-electron chi connectivity index (χ0n) is 48.7. The van der Waals surface area contributed by atoms with E-state index >= 15 is 0 Å². The lowest BCUT2D eigenvalue weighted by Gasteiger charge is -2.52. The summed E-state index contributed by atoms with van der Waals surface area (Å²) in [5.74, 6) is 14.0. The van der Waals surface area contributed by atoms with E-state index in [0.717, 1.165) is 132 Å². The first kappa shape index (κ1) is 55.7. The van der Waals surface area contributed by atoms with E-state index in [9.17, 15) is 10.2 Å². The van der Waals surface area contributed by atoms with Crippen molar-refractivity contribution in [2.75, 3.05) is 13.2 Å². The molecule has 0 spiro atoms. The Morgan fingerprint density at radius 3 is 0.541 bits per heavy atom. The van der Waals surface area contributed by atoms with E-state index in [0.29, 0.717) is 13.2 Å². The third kappa shape index (κ3) is 14.1. The van der Waals surface area contributed by atoms with Crippen LogP contribution < -0.4 is 0 Å². The van der Waals surface area contributed by atoms with Gasteiger partial charge in [0.1, 0.15) is 0 Å². The van der Waals surface area contributed by atoms with E-state index < -0.39 is 0 Å². The van der Waals surface area contributed by atoms with Gasteiger partial charge in [0, 0.05) is 49.5 Å². The highest BCUT2D eigenvalue weighted by Crippen LogP contribution is 2.51. The minimum absolute atomic E-state index is 0.402. The second-order valence-corrected chi connectivity index (χ2v) is 30.4. The molecule has 0 aromatic rings. The van der Waals surface area contributed by atoms with Crippen LogP contribution in [0.15, 0.2) is 0 Å². The Bertz CT molecular complexity index is 1420. The van der Waals surface area contributed by atoms with Crippen LogP contribution in [0.4, 0.5) is 0 Å². The Hall–Kier alpha value is -0.160. The van der Waals surface area contributed by atoms with Crippen molar-refractivity contribution in [1.82, 2.24) is 9.80 Å². The fraction of sp³-hybridized carbons (Fsp3) is 1.00. The van der Waals surface area contributed by atoms with Gasteiger partial charge >= 0.3 is 0 Å². The van der Waals surface area contributed by atoms with Gasteiger partial charge in [0.05, 0.1) is 0 Å². The molecule has 11 fully saturated rings. The topological polar surface area (TPSA) is 46.9 Å². The van der Waals surface area contributed by atoms with E-state index in [1.807, 2.05) is 0 Å². The summed E-state index contributed by atoms with van der Waals surface area (Å²) in [6.07, 6.45) is 71.8. The first-order valence-electron chi connectivity index (χ1n) is 35.3. The molecule has 0 heterocycles. The van der Waals surface area contributed by atoms with Crippen LogP contribution >= 0.6 is 0 Å². The van der Waals surface area contributed by atoms with Gasteiger partial charge in [-0.05, 0) is 301 Å². The minimum atomic E-state index is 0.402. The highest BCUT2D eigenvalue weighted by atomic mass is 16.3. The van der Waals surface area contributed by atoms with Gasteiger partial charge in [-0.3, -0.25) is 9.80 Å². The maximum atomic E-state index is 9.58. The summed E-state index contributed by atoms with van der Waals surface area (Å²) in [5.41, 5.74) is 0. The second kappa shape index (κ2) is 28.0. The predicted octanol–water partition coefficient (Wildman–Crippen LogP) is 18.3. The summed E-state index contributed by atoms with van der Waals surface area (Å²) in [4.78, 5) is 6.66. The second-order valence-electron chi connectivity index (χ2n) is 30.4. The molecular weight excluding hydrogens is 901 g/mol. The van der Waals surface area contributed by atoms with Crippen LogP contribution in [-0.4, -0.2) is 69.5 Å². The van der Waals surface area contributed by atoms with Crippen LogP contribution in [-0.2, 0) is 0 Å². The van der Waals surface area contributed by atoms with Crippen LogP contribution in [0.2, 0.25) is 0 Å². The lowest BCUT2D eigenvalue weighted by molar-refractivity contribution is -0.0165. The van der Waals surface area contributed by atoms with Crippen LogP contribution in [0.1, 0.15) is 308 Å². The fourth-order valence-corrected chi connectivity index (χ4v) is 22.6. The average molecular weight is 1020 g/mol. The van der Waals surface area contributed by atoms with Gasteiger partial charge in [-0.1, -0.05) is 89.9 Å². The van der Waals surface area contributed by atoms with E-state index in [1.54, 1.807) is 103 Å². The Kier molecular flexibility index (Phi) is 21.1. The zero-order chi connectivity index (χ0) is 50.1. The molecule has 0 aliphatic heterocycles. The summed E-state index contributed by atoms with van der Waals surface area (Å²) >= 11 is 0. The van der Waals surface area contributed by atoms with Crippen molar-refractivity contribution in [1.29, 1.82) is 0 Å². The molecule has 0 unspecified atom stereocenters. The van der Waals surface area contributed by atoms with Gasteiger partial charge < -0.3 is 10.2 Å². The summed E-state index contributed by atoms with van der Waals surface area (Å²) in [7, 11) is 0. The first-order valence-corrected chi connectivity index (χ1v) is 35.3. The molecule has 2 N–H and O–H groups in total. The Labute approximate surface area is 458 Å². The van der Waals surface area contributed by atoms with Crippen molar-refractivity contribution >= 4 is 0 Å². The highest BCUT2D eigenvalue weighted by molar-refractivity contribution is 4.98. The van der Waals surface area contributed by atoms with Crippen molar-refractivity contribution in [3.8, 4) is 0 Å². The van der Waals surface area contributed by atoms with Gasteiger partial charge in [0.25, 0.3) is 0 Å². The third-order valence-corrected chi connectivity index (χ3v) is 27.0. The molecule has 0 radical (unpaired) electrons. The molecule has 11 aliphatic rings. The maximum Gasteiger partial charge on any atom is 0.0433 e. The molecular formula is C70H122N2O2. The Morgan fingerprint density at radius 2 is 0.351 bits per heavy atom. The molecule has 11 aliphatic carbocycles. The molecule has 11 saturated carbocycles. The number of aliphatic hydroxyl groups is 2. The molecule has 0 aromatic carbocycles. The molecule has 0 saturated heterocycles. The lowest BCUT2D eigenvalue weighted by Crippen LogP contribution is -2.53. The zero-order valence-corrected chi connectivity index (χ0v) is 48.7. The van der Waals surface area contributed by atoms with Gasteiger partial charge in [-0.15, -0.1) is 0 Å². The third-order valence-electron chi connectivity index (χ3n) is 27.0. The molecule has 11 rings (SSSR count). The van der Waals surface area contributed by atoms with Crippen LogP contribution in [0, 0.1) is 82.9 Å². The lowest BCUT2D eigenvalue weighted by atomic mass is 9.65. The van der Waals surface area contributed by atoms with Gasteiger partial charge in [0.2, 0.25) is 0 Å².